The largest absolute Gasteiger partial charge is 0.330 e. The molecule has 0 saturated heterocycles. The minimum Gasteiger partial charge on any atom is -0.330 e. The highest BCUT2D eigenvalue weighted by molar-refractivity contribution is 7.85. The highest BCUT2D eigenvalue weighted by Gasteiger charge is 2.48. The number of hydroxylamine groups is 1. The molecule has 1 saturated carbocycles. The Balaban J connectivity index is 0.000000521. The molecule has 1 heterocycles. The van der Waals surface area contributed by atoms with E-state index < -0.39 is 39.2 Å². The lowest BCUT2D eigenvalue weighted by molar-refractivity contribution is -0.146. The van der Waals surface area contributed by atoms with Crippen molar-refractivity contribution < 1.29 is 32.6 Å². The zero-order valence-electron chi connectivity index (χ0n) is 29.4. The van der Waals surface area contributed by atoms with Crippen molar-refractivity contribution in [3.8, 4) is 0 Å². The summed E-state index contributed by atoms with van der Waals surface area (Å²) in [5.41, 5.74) is 5.55. The van der Waals surface area contributed by atoms with Gasteiger partial charge in [0.2, 0.25) is 11.8 Å². The fraction of sp³-hybridized carbons (Fsp3) is 0.514. The highest BCUT2D eigenvalue weighted by atomic mass is 32.2. The Morgan fingerprint density at radius 1 is 1.02 bits per heavy atom. The van der Waals surface area contributed by atoms with Crippen LogP contribution in [0.25, 0.3) is 0 Å². The zero-order chi connectivity index (χ0) is 36.7. The van der Waals surface area contributed by atoms with Crippen LogP contribution < -0.4 is 16.7 Å². The zero-order valence-corrected chi connectivity index (χ0v) is 30.2. The van der Waals surface area contributed by atoms with Gasteiger partial charge in [-0.1, -0.05) is 106 Å². The second kappa shape index (κ2) is 19.5. The van der Waals surface area contributed by atoms with Gasteiger partial charge in [0.25, 0.3) is 10.1 Å². The van der Waals surface area contributed by atoms with Crippen molar-refractivity contribution >= 4 is 27.7 Å². The summed E-state index contributed by atoms with van der Waals surface area (Å²) in [6, 6.07) is 13.8. The third-order valence-electron chi connectivity index (χ3n) is 9.84. The maximum Gasteiger partial charge on any atom is 0.294 e. The van der Waals surface area contributed by atoms with E-state index in [4.69, 9.17) is 10.4 Å². The molecule has 2 amide bonds. The van der Waals surface area contributed by atoms with Gasteiger partial charge in [-0.05, 0) is 62.6 Å². The molecule has 1 aromatic heterocycles. The molecule has 3 atom stereocenters. The van der Waals surface area contributed by atoms with Gasteiger partial charge in [0.1, 0.15) is 5.41 Å². The molecule has 13 heteroatoms. The number of nitrogens with two attached hydrogens (primary N) is 1. The van der Waals surface area contributed by atoms with E-state index in [1.807, 2.05) is 50.5 Å². The van der Waals surface area contributed by atoms with Crippen LogP contribution >= 0.6 is 0 Å². The Kier molecular flexibility index (Phi) is 15.8. The first-order chi connectivity index (χ1) is 23.8. The minimum atomic E-state index is -4.02. The molecule has 2 aromatic carbocycles. The lowest BCUT2D eigenvalue weighted by Crippen LogP contribution is -2.51. The van der Waals surface area contributed by atoms with Crippen LogP contribution in [0, 0.1) is 31.1 Å². The molecular formula is C37H53N5O7S. The summed E-state index contributed by atoms with van der Waals surface area (Å²) in [5, 5.41) is 9.75. The number of nitrogens with zero attached hydrogens (tertiary/aromatic N) is 2. The number of hydrogen-bond acceptors (Lipinski definition) is 8. The molecule has 0 radical (unpaired) electrons. The molecule has 1 aliphatic carbocycles. The van der Waals surface area contributed by atoms with Crippen LogP contribution in [0.2, 0.25) is 0 Å². The number of rotatable bonds is 16. The van der Waals surface area contributed by atoms with Crippen molar-refractivity contribution in [2.45, 2.75) is 109 Å². The molecule has 1 aliphatic rings. The number of aromatic nitrogens is 2. The van der Waals surface area contributed by atoms with Gasteiger partial charge in [0.05, 0.1) is 17.8 Å². The van der Waals surface area contributed by atoms with Crippen LogP contribution in [-0.4, -0.2) is 45.3 Å². The van der Waals surface area contributed by atoms with Gasteiger partial charge >= 0.3 is 0 Å². The fourth-order valence-electron chi connectivity index (χ4n) is 7.04. The van der Waals surface area contributed by atoms with Crippen molar-refractivity contribution in [1.82, 2.24) is 20.5 Å². The molecule has 6 N–H and O–H groups in total. The SMILES string of the molecule is CCCC(C[C@@H](c1ccc(C)cc1)[C@H](CCCC1CCCCC1)C(=O)NO)(C(=O)Cn1ccnc1)C(=O)NN.Cc1ccc(S(=O)(=O)O)cc1. The fourth-order valence-corrected chi connectivity index (χ4v) is 7.52. The topological polar surface area (TPSA) is 194 Å². The summed E-state index contributed by atoms with van der Waals surface area (Å²) in [5.74, 6) is 3.88. The lowest BCUT2D eigenvalue weighted by atomic mass is 9.66. The highest BCUT2D eigenvalue weighted by Crippen LogP contribution is 2.43. The Hall–Kier alpha value is -3.91. The maximum atomic E-state index is 13.9. The summed E-state index contributed by atoms with van der Waals surface area (Å²) >= 11 is 0. The molecule has 1 unspecified atom stereocenters. The maximum absolute atomic E-state index is 13.9. The van der Waals surface area contributed by atoms with Gasteiger partial charge in [-0.3, -0.25) is 29.6 Å². The average Bonchev–Trinajstić information content (AvgIpc) is 3.62. The van der Waals surface area contributed by atoms with E-state index in [0.717, 1.165) is 29.5 Å². The number of Topliss-reactive ketones (excluding diaryl/α,β-unsaturated/α-hetero) is 1. The average molecular weight is 712 g/mol. The predicted molar refractivity (Wildman–Crippen MR) is 190 cm³/mol. The normalized spacial score (nSPS) is 15.9. The number of ketones is 1. The summed E-state index contributed by atoms with van der Waals surface area (Å²) in [6.45, 7) is 5.71. The number of aryl methyl sites for hydroxylation is 2. The first kappa shape index (κ1) is 40.5. The number of hydrogen-bond donors (Lipinski definition) is 5. The van der Waals surface area contributed by atoms with Gasteiger partial charge in [-0.2, -0.15) is 8.42 Å². The first-order valence-corrected chi connectivity index (χ1v) is 18.8. The Morgan fingerprint density at radius 3 is 2.16 bits per heavy atom. The number of benzene rings is 2. The van der Waals surface area contributed by atoms with Gasteiger partial charge in [0.15, 0.2) is 5.78 Å². The van der Waals surface area contributed by atoms with E-state index in [2.05, 4.69) is 10.4 Å². The summed E-state index contributed by atoms with van der Waals surface area (Å²) < 4.78 is 31.2. The van der Waals surface area contributed by atoms with E-state index in [1.165, 1.54) is 44.2 Å². The summed E-state index contributed by atoms with van der Waals surface area (Å²) in [6.07, 6.45) is 14.4. The van der Waals surface area contributed by atoms with E-state index >= 15 is 0 Å². The van der Waals surface area contributed by atoms with Crippen molar-refractivity contribution in [2.24, 2.45) is 23.1 Å². The quantitative estimate of drug-likeness (QED) is 0.0304. The van der Waals surface area contributed by atoms with Crippen molar-refractivity contribution in [3.05, 3.63) is 83.9 Å². The second-order valence-electron chi connectivity index (χ2n) is 13.5. The van der Waals surface area contributed by atoms with Crippen molar-refractivity contribution in [2.75, 3.05) is 0 Å². The molecule has 4 rings (SSSR count). The first-order valence-electron chi connectivity index (χ1n) is 17.4. The van der Waals surface area contributed by atoms with Crippen LogP contribution in [-0.2, 0) is 31.0 Å². The molecule has 50 heavy (non-hydrogen) atoms. The summed E-state index contributed by atoms with van der Waals surface area (Å²) in [4.78, 5) is 44.5. The van der Waals surface area contributed by atoms with Gasteiger partial charge in [0, 0.05) is 18.3 Å². The molecular weight excluding hydrogens is 659 g/mol. The predicted octanol–water partition coefficient (Wildman–Crippen LogP) is 5.82. The molecule has 0 aliphatic heterocycles. The third kappa shape index (κ3) is 11.6. The van der Waals surface area contributed by atoms with E-state index in [0.29, 0.717) is 18.8 Å². The molecule has 0 spiro atoms. The van der Waals surface area contributed by atoms with Crippen LogP contribution in [0.5, 0.6) is 0 Å². The van der Waals surface area contributed by atoms with Crippen molar-refractivity contribution in [3.63, 3.8) is 0 Å². The monoisotopic (exact) mass is 711 g/mol. The van der Waals surface area contributed by atoms with Crippen LogP contribution in [0.4, 0.5) is 0 Å². The number of amides is 2. The third-order valence-corrected chi connectivity index (χ3v) is 10.7. The van der Waals surface area contributed by atoms with Crippen molar-refractivity contribution in [1.29, 1.82) is 0 Å². The molecule has 274 valence electrons. The number of carbonyl (C=O) groups excluding carboxylic acids is 3. The molecule has 3 aromatic rings. The number of carbonyl (C=O) groups is 3. The number of hydrazine groups is 1. The minimum absolute atomic E-state index is 0.0351. The molecule has 12 nitrogen and oxygen atoms in total. The van der Waals surface area contributed by atoms with E-state index in [1.54, 1.807) is 35.4 Å². The van der Waals surface area contributed by atoms with E-state index in [-0.39, 0.29) is 30.1 Å². The molecule has 0 bridgehead atoms. The summed E-state index contributed by atoms with van der Waals surface area (Å²) in [7, 11) is -4.02. The van der Waals surface area contributed by atoms with Crippen LogP contribution in [0.15, 0.2) is 72.1 Å². The van der Waals surface area contributed by atoms with Crippen LogP contribution in [0.3, 0.4) is 0 Å². The molecule has 1 fully saturated rings. The van der Waals surface area contributed by atoms with E-state index in [9.17, 15) is 28.0 Å². The van der Waals surface area contributed by atoms with Gasteiger partial charge in [-0.25, -0.2) is 16.3 Å². The lowest BCUT2D eigenvalue weighted by Gasteiger charge is -2.37. The Morgan fingerprint density at radius 2 is 1.64 bits per heavy atom. The van der Waals surface area contributed by atoms with Gasteiger partial charge < -0.3 is 4.57 Å². The second-order valence-corrected chi connectivity index (χ2v) is 14.9. The number of nitrogens with one attached hydrogen (secondary N) is 2. The smallest absolute Gasteiger partial charge is 0.294 e. The van der Waals surface area contributed by atoms with Crippen LogP contribution in [0.1, 0.15) is 100 Å². The standard InChI is InChI=1S/C30H45N5O4.C7H8O3S/c1-3-16-30(29(38)33-31,27(36)20-35-18-17-32-21-35)19-26(24-14-12-22(2)13-15-24)25(28(37)34-39)11-7-10-23-8-5-4-6-9-23;1-6-2-4-7(5-3-6)11(8,9)10/h12-15,17-18,21,23,25-26,39H,3-11,16,19-20,31H2,1-2H3,(H,33,38)(H,34,37);2-5H,1H3,(H,8,9,10)/t25-,26-,30?;/m0./s1. The van der Waals surface area contributed by atoms with Gasteiger partial charge in [-0.15, -0.1) is 0 Å². The Bertz CT molecular complexity index is 1610. The Labute approximate surface area is 295 Å². The number of imidazole rings is 1.